The number of amides is 1. The highest BCUT2D eigenvalue weighted by atomic mass is 35.5. The Kier molecular flexibility index (Phi) is 7.12. The monoisotopic (exact) mass is 468 g/mol. The van der Waals surface area contributed by atoms with Crippen molar-refractivity contribution < 1.29 is 13.2 Å². The number of carbonyl (C=O) groups is 1. The Morgan fingerprint density at radius 1 is 1.17 bits per heavy atom. The van der Waals surface area contributed by atoms with Crippen molar-refractivity contribution in [2.75, 3.05) is 22.4 Å². The number of aromatic nitrogens is 2. The van der Waals surface area contributed by atoms with E-state index in [2.05, 4.69) is 15.5 Å². The second-order valence-corrected chi connectivity index (χ2v) is 10.5. The summed E-state index contributed by atoms with van der Waals surface area (Å²) >= 11 is 8.68. The van der Waals surface area contributed by atoms with E-state index in [0.29, 0.717) is 20.2 Å². The van der Waals surface area contributed by atoms with Crippen LogP contribution in [0.15, 0.2) is 58.9 Å². The molecule has 29 heavy (non-hydrogen) atoms. The lowest BCUT2D eigenvalue weighted by atomic mass is 10.2. The van der Waals surface area contributed by atoms with Gasteiger partial charge in [0, 0.05) is 10.8 Å². The van der Waals surface area contributed by atoms with Crippen molar-refractivity contribution in [2.24, 2.45) is 0 Å². The number of hydrogen-bond acceptors (Lipinski definition) is 7. The van der Waals surface area contributed by atoms with Gasteiger partial charge in [-0.3, -0.25) is 14.4 Å². The number of sulfonamides is 1. The smallest absolute Gasteiger partial charge is 0.246 e. The number of rotatable bonds is 8. The molecule has 1 amide bonds. The van der Waals surface area contributed by atoms with Gasteiger partial charge in [-0.05, 0) is 23.8 Å². The molecule has 152 valence electrons. The van der Waals surface area contributed by atoms with Crippen LogP contribution >= 0.6 is 34.7 Å². The van der Waals surface area contributed by atoms with Crippen LogP contribution in [0.1, 0.15) is 5.56 Å². The molecule has 0 aliphatic carbocycles. The summed E-state index contributed by atoms with van der Waals surface area (Å²) in [4.78, 5) is 12.4. The number of thioether (sulfide) groups is 1. The number of benzene rings is 2. The van der Waals surface area contributed by atoms with Crippen molar-refractivity contribution in [1.82, 2.24) is 10.2 Å². The van der Waals surface area contributed by atoms with Gasteiger partial charge in [-0.25, -0.2) is 8.42 Å². The highest BCUT2D eigenvalue weighted by molar-refractivity contribution is 8.00. The summed E-state index contributed by atoms with van der Waals surface area (Å²) < 4.78 is 26.0. The predicted molar refractivity (Wildman–Crippen MR) is 118 cm³/mol. The molecule has 0 aliphatic rings. The summed E-state index contributed by atoms with van der Waals surface area (Å²) in [5.74, 6) is 0.214. The molecule has 2 aromatic carbocycles. The zero-order valence-corrected chi connectivity index (χ0v) is 18.5. The maximum atomic E-state index is 12.4. The summed E-state index contributed by atoms with van der Waals surface area (Å²) in [6.45, 7) is -0.398. The van der Waals surface area contributed by atoms with Crippen molar-refractivity contribution in [3.05, 3.63) is 65.2 Å². The lowest BCUT2D eigenvalue weighted by Crippen LogP contribution is -2.37. The van der Waals surface area contributed by atoms with Gasteiger partial charge in [-0.2, -0.15) is 0 Å². The van der Waals surface area contributed by atoms with Gasteiger partial charge in [0.1, 0.15) is 6.54 Å². The van der Waals surface area contributed by atoms with Crippen LogP contribution in [-0.2, 0) is 20.6 Å². The minimum Gasteiger partial charge on any atom is -0.299 e. The quantitative estimate of drug-likeness (QED) is 0.398. The van der Waals surface area contributed by atoms with E-state index in [9.17, 15) is 13.2 Å². The molecule has 0 bridgehead atoms. The first-order chi connectivity index (χ1) is 13.8. The van der Waals surface area contributed by atoms with Crippen LogP contribution < -0.4 is 9.62 Å². The highest BCUT2D eigenvalue weighted by Crippen LogP contribution is 2.28. The zero-order valence-electron chi connectivity index (χ0n) is 15.3. The number of anilines is 2. The molecule has 3 aromatic rings. The molecule has 0 unspecified atom stereocenters. The van der Waals surface area contributed by atoms with Crippen molar-refractivity contribution in [2.45, 2.75) is 10.1 Å². The second-order valence-electron chi connectivity index (χ2n) is 5.95. The SMILES string of the molecule is CS(=O)(=O)N(CC(=O)Nc1nnc(SCc2ccccc2)s1)c1cccc(Cl)c1. The molecule has 11 heteroatoms. The van der Waals surface area contributed by atoms with Gasteiger partial charge in [0.15, 0.2) is 4.34 Å². The van der Waals surface area contributed by atoms with E-state index >= 15 is 0 Å². The third-order valence-corrected chi connectivity index (χ3v) is 7.06. The third-order valence-electron chi connectivity index (χ3n) is 3.64. The fourth-order valence-electron chi connectivity index (χ4n) is 2.36. The van der Waals surface area contributed by atoms with Gasteiger partial charge in [0.05, 0.1) is 11.9 Å². The Morgan fingerprint density at radius 2 is 1.93 bits per heavy atom. The fraction of sp³-hybridized carbons (Fsp3) is 0.167. The molecule has 0 saturated carbocycles. The van der Waals surface area contributed by atoms with Crippen LogP contribution in [0.4, 0.5) is 10.8 Å². The minimum atomic E-state index is -3.68. The Bertz CT molecular complexity index is 1090. The van der Waals surface area contributed by atoms with Crippen molar-refractivity contribution in [1.29, 1.82) is 0 Å². The van der Waals surface area contributed by atoms with E-state index in [1.54, 1.807) is 18.2 Å². The summed E-state index contributed by atoms with van der Waals surface area (Å²) in [5.41, 5.74) is 1.47. The van der Waals surface area contributed by atoms with E-state index < -0.39 is 22.5 Å². The molecule has 1 aromatic heterocycles. The van der Waals surface area contributed by atoms with E-state index in [1.165, 1.54) is 29.2 Å². The van der Waals surface area contributed by atoms with Gasteiger partial charge >= 0.3 is 0 Å². The van der Waals surface area contributed by atoms with Crippen LogP contribution in [0, 0.1) is 0 Å². The molecule has 1 N–H and O–H groups in total. The fourth-order valence-corrected chi connectivity index (χ4v) is 5.12. The second kappa shape index (κ2) is 9.57. The summed E-state index contributed by atoms with van der Waals surface area (Å²) in [5, 5.41) is 11.3. The zero-order chi connectivity index (χ0) is 20.9. The lowest BCUT2D eigenvalue weighted by molar-refractivity contribution is -0.114. The number of hydrogen-bond donors (Lipinski definition) is 1. The van der Waals surface area contributed by atoms with Crippen molar-refractivity contribution in [3.63, 3.8) is 0 Å². The maximum Gasteiger partial charge on any atom is 0.246 e. The Morgan fingerprint density at radius 3 is 2.62 bits per heavy atom. The molecule has 7 nitrogen and oxygen atoms in total. The maximum absolute atomic E-state index is 12.4. The molecule has 0 saturated heterocycles. The third kappa shape index (κ3) is 6.43. The largest absolute Gasteiger partial charge is 0.299 e. The molecular formula is C18H17ClN4O3S3. The van der Waals surface area contributed by atoms with Crippen LogP contribution in [0.25, 0.3) is 0 Å². The molecular weight excluding hydrogens is 452 g/mol. The molecule has 3 rings (SSSR count). The first-order valence-electron chi connectivity index (χ1n) is 8.34. The Hall–Kier alpha value is -2.14. The van der Waals surface area contributed by atoms with Crippen LogP contribution in [0.2, 0.25) is 5.02 Å². The molecule has 1 heterocycles. The van der Waals surface area contributed by atoms with Crippen molar-refractivity contribution >= 4 is 61.4 Å². The van der Waals surface area contributed by atoms with E-state index in [0.717, 1.165) is 21.9 Å². The number of halogens is 1. The topological polar surface area (TPSA) is 92.3 Å². The summed E-state index contributed by atoms with van der Waals surface area (Å²) in [6, 6.07) is 16.2. The summed E-state index contributed by atoms with van der Waals surface area (Å²) in [6.07, 6.45) is 1.03. The molecule has 0 aliphatic heterocycles. The minimum absolute atomic E-state index is 0.310. The first-order valence-corrected chi connectivity index (χ1v) is 12.4. The van der Waals surface area contributed by atoms with Crippen LogP contribution in [0.5, 0.6) is 0 Å². The summed E-state index contributed by atoms with van der Waals surface area (Å²) in [7, 11) is -3.68. The lowest BCUT2D eigenvalue weighted by Gasteiger charge is -2.21. The van der Waals surface area contributed by atoms with Gasteiger partial charge in [-0.1, -0.05) is 71.1 Å². The molecule has 0 radical (unpaired) electrons. The predicted octanol–water partition coefficient (Wildman–Crippen LogP) is 3.89. The van der Waals surface area contributed by atoms with Gasteiger partial charge < -0.3 is 0 Å². The highest BCUT2D eigenvalue weighted by Gasteiger charge is 2.22. The van der Waals surface area contributed by atoms with Gasteiger partial charge in [-0.15, -0.1) is 10.2 Å². The molecule has 0 fully saturated rings. The van der Waals surface area contributed by atoms with E-state index in [-0.39, 0.29) is 0 Å². The van der Waals surface area contributed by atoms with Crippen LogP contribution in [0.3, 0.4) is 0 Å². The van der Waals surface area contributed by atoms with E-state index in [1.807, 2.05) is 30.3 Å². The Labute approximate surface area is 182 Å². The van der Waals surface area contributed by atoms with E-state index in [4.69, 9.17) is 11.6 Å². The standard InChI is InChI=1S/C18H17ClN4O3S3/c1-29(25,26)23(15-9-5-8-14(19)10-15)11-16(24)20-17-21-22-18(28-17)27-12-13-6-3-2-4-7-13/h2-10H,11-12H2,1H3,(H,20,21,24). The van der Waals surface area contributed by atoms with Crippen molar-refractivity contribution in [3.8, 4) is 0 Å². The number of nitrogens with zero attached hydrogens (tertiary/aromatic N) is 3. The molecule has 0 spiro atoms. The Balaban J connectivity index is 1.62. The average Bonchev–Trinajstić information content (AvgIpc) is 3.11. The number of nitrogens with one attached hydrogen (secondary N) is 1. The van der Waals surface area contributed by atoms with Gasteiger partial charge in [0.25, 0.3) is 0 Å². The van der Waals surface area contributed by atoms with Gasteiger partial charge in [0.2, 0.25) is 21.1 Å². The number of carbonyl (C=O) groups excluding carboxylic acids is 1. The first kappa shape index (κ1) is 21.6. The normalized spacial score (nSPS) is 11.2. The average molecular weight is 469 g/mol. The molecule has 0 atom stereocenters. The van der Waals surface area contributed by atoms with Crippen LogP contribution in [-0.4, -0.2) is 37.3 Å².